The summed E-state index contributed by atoms with van der Waals surface area (Å²) < 4.78 is 0. The van der Waals surface area contributed by atoms with Crippen LogP contribution in [0.4, 0.5) is 5.69 Å². The van der Waals surface area contributed by atoms with Gasteiger partial charge in [0.15, 0.2) is 0 Å². The SMILES string of the molecule is C=CCSc1ccccc1C(=O)Nc1ccccc1C(=O)N[C@H](C)c1ccccc1. The van der Waals surface area contributed by atoms with Crippen molar-refractivity contribution in [2.24, 2.45) is 0 Å². The number of amides is 2. The van der Waals surface area contributed by atoms with E-state index >= 15 is 0 Å². The number of benzene rings is 3. The van der Waals surface area contributed by atoms with Crippen molar-refractivity contribution in [2.75, 3.05) is 11.1 Å². The van der Waals surface area contributed by atoms with E-state index in [1.54, 1.807) is 48.2 Å². The Morgan fingerprint density at radius 3 is 2.27 bits per heavy atom. The van der Waals surface area contributed by atoms with Crippen LogP contribution in [0, 0.1) is 0 Å². The van der Waals surface area contributed by atoms with Gasteiger partial charge in [0.2, 0.25) is 0 Å². The third-order valence-corrected chi connectivity index (χ3v) is 5.62. The van der Waals surface area contributed by atoms with Gasteiger partial charge in [0.05, 0.1) is 22.9 Å². The van der Waals surface area contributed by atoms with Crippen molar-refractivity contribution >= 4 is 29.3 Å². The number of carbonyl (C=O) groups is 2. The maximum Gasteiger partial charge on any atom is 0.256 e. The summed E-state index contributed by atoms with van der Waals surface area (Å²) in [5, 5.41) is 5.90. The van der Waals surface area contributed by atoms with Crippen LogP contribution < -0.4 is 10.6 Å². The third-order valence-electron chi connectivity index (χ3n) is 4.56. The van der Waals surface area contributed by atoms with Gasteiger partial charge in [-0.15, -0.1) is 18.3 Å². The highest BCUT2D eigenvalue weighted by molar-refractivity contribution is 7.99. The minimum atomic E-state index is -0.251. The molecule has 3 aromatic rings. The Kier molecular flexibility index (Phi) is 7.46. The normalized spacial score (nSPS) is 11.4. The summed E-state index contributed by atoms with van der Waals surface area (Å²) in [5.41, 5.74) is 2.48. The number of nitrogens with one attached hydrogen (secondary N) is 2. The molecule has 0 aliphatic heterocycles. The van der Waals surface area contributed by atoms with Gasteiger partial charge in [0, 0.05) is 10.6 Å². The van der Waals surface area contributed by atoms with E-state index in [0.717, 1.165) is 10.5 Å². The molecule has 0 saturated heterocycles. The van der Waals surface area contributed by atoms with Gasteiger partial charge in [0.25, 0.3) is 11.8 Å². The molecule has 0 heterocycles. The van der Waals surface area contributed by atoms with Crippen molar-refractivity contribution in [1.29, 1.82) is 0 Å². The molecule has 0 fully saturated rings. The van der Waals surface area contributed by atoms with Crippen molar-refractivity contribution in [3.8, 4) is 0 Å². The molecule has 0 unspecified atom stereocenters. The van der Waals surface area contributed by atoms with Crippen LogP contribution in [-0.4, -0.2) is 17.6 Å². The first-order chi connectivity index (χ1) is 14.6. The van der Waals surface area contributed by atoms with Crippen LogP contribution in [0.25, 0.3) is 0 Å². The Morgan fingerprint density at radius 1 is 0.900 bits per heavy atom. The number of anilines is 1. The van der Waals surface area contributed by atoms with E-state index in [-0.39, 0.29) is 17.9 Å². The van der Waals surface area contributed by atoms with E-state index in [2.05, 4.69) is 17.2 Å². The molecule has 3 aromatic carbocycles. The van der Waals surface area contributed by atoms with Crippen LogP contribution in [0.5, 0.6) is 0 Å². The van der Waals surface area contributed by atoms with E-state index in [0.29, 0.717) is 22.6 Å². The van der Waals surface area contributed by atoms with E-state index in [1.807, 2.05) is 55.5 Å². The van der Waals surface area contributed by atoms with Gasteiger partial charge in [-0.05, 0) is 36.8 Å². The molecule has 2 N–H and O–H groups in total. The topological polar surface area (TPSA) is 58.2 Å². The molecule has 0 saturated carbocycles. The number of rotatable bonds is 8. The highest BCUT2D eigenvalue weighted by Crippen LogP contribution is 2.25. The van der Waals surface area contributed by atoms with Gasteiger partial charge in [0.1, 0.15) is 0 Å². The number of para-hydroxylation sites is 1. The second-order valence-corrected chi connectivity index (χ2v) is 7.76. The number of hydrogen-bond acceptors (Lipinski definition) is 3. The summed E-state index contributed by atoms with van der Waals surface area (Å²) in [4.78, 5) is 26.7. The van der Waals surface area contributed by atoms with Gasteiger partial charge < -0.3 is 10.6 Å². The van der Waals surface area contributed by atoms with Crippen LogP contribution in [-0.2, 0) is 0 Å². The van der Waals surface area contributed by atoms with Crippen molar-refractivity contribution in [3.05, 3.63) is 108 Å². The summed E-state index contributed by atoms with van der Waals surface area (Å²) >= 11 is 1.54. The van der Waals surface area contributed by atoms with Crippen LogP contribution >= 0.6 is 11.8 Å². The van der Waals surface area contributed by atoms with Crippen LogP contribution in [0.3, 0.4) is 0 Å². The highest BCUT2D eigenvalue weighted by atomic mass is 32.2. The molecule has 5 heteroatoms. The summed E-state index contributed by atoms with van der Waals surface area (Å²) in [7, 11) is 0. The van der Waals surface area contributed by atoms with Crippen molar-refractivity contribution in [2.45, 2.75) is 17.9 Å². The molecule has 0 bridgehead atoms. The zero-order valence-electron chi connectivity index (χ0n) is 16.8. The van der Waals surface area contributed by atoms with Crippen molar-refractivity contribution < 1.29 is 9.59 Å². The van der Waals surface area contributed by atoms with Gasteiger partial charge in [-0.25, -0.2) is 0 Å². The van der Waals surface area contributed by atoms with E-state index in [4.69, 9.17) is 0 Å². The van der Waals surface area contributed by atoms with Crippen molar-refractivity contribution in [3.63, 3.8) is 0 Å². The smallest absolute Gasteiger partial charge is 0.256 e. The molecule has 0 aromatic heterocycles. The molecule has 30 heavy (non-hydrogen) atoms. The quantitative estimate of drug-likeness (QED) is 0.365. The molecule has 0 aliphatic rings. The standard InChI is InChI=1S/C25H24N2O2S/c1-3-17-30-23-16-10-8-14-21(23)25(29)27-22-15-9-7-13-20(22)24(28)26-18(2)19-11-5-4-6-12-19/h3-16,18H,1,17H2,2H3,(H,26,28)(H,27,29)/t18-/m1/s1. The zero-order valence-corrected chi connectivity index (χ0v) is 17.6. The van der Waals surface area contributed by atoms with Crippen LogP contribution in [0.15, 0.2) is 96.4 Å². The first-order valence-corrected chi connectivity index (χ1v) is 10.7. The molecule has 1 atom stereocenters. The highest BCUT2D eigenvalue weighted by Gasteiger charge is 2.17. The van der Waals surface area contributed by atoms with Gasteiger partial charge in [-0.1, -0.05) is 60.7 Å². The number of hydrogen-bond donors (Lipinski definition) is 2. The minimum Gasteiger partial charge on any atom is -0.345 e. The molecule has 2 amide bonds. The minimum absolute atomic E-state index is 0.154. The fourth-order valence-corrected chi connectivity index (χ4v) is 3.80. The average molecular weight is 417 g/mol. The van der Waals surface area contributed by atoms with Crippen LogP contribution in [0.2, 0.25) is 0 Å². The number of thioether (sulfide) groups is 1. The number of carbonyl (C=O) groups excluding carboxylic acids is 2. The molecule has 4 nitrogen and oxygen atoms in total. The summed E-state index contributed by atoms with van der Waals surface area (Å²) in [6.07, 6.45) is 1.80. The molecule has 0 aliphatic carbocycles. The van der Waals surface area contributed by atoms with E-state index in [9.17, 15) is 9.59 Å². The fraction of sp³-hybridized carbons (Fsp3) is 0.120. The van der Waals surface area contributed by atoms with Gasteiger partial charge in [-0.2, -0.15) is 0 Å². The van der Waals surface area contributed by atoms with E-state index < -0.39 is 0 Å². The van der Waals surface area contributed by atoms with E-state index in [1.165, 1.54) is 0 Å². The predicted octanol–water partition coefficient (Wildman–Crippen LogP) is 5.71. The second-order valence-electron chi connectivity index (χ2n) is 6.70. The summed E-state index contributed by atoms with van der Waals surface area (Å²) in [6, 6.07) is 24.0. The van der Waals surface area contributed by atoms with Gasteiger partial charge in [-0.3, -0.25) is 9.59 Å². The van der Waals surface area contributed by atoms with Crippen molar-refractivity contribution in [1.82, 2.24) is 5.32 Å². The maximum atomic E-state index is 12.9. The first kappa shape index (κ1) is 21.4. The molecule has 3 rings (SSSR count). The lowest BCUT2D eigenvalue weighted by Crippen LogP contribution is -2.28. The van der Waals surface area contributed by atoms with Gasteiger partial charge >= 0.3 is 0 Å². The predicted molar refractivity (Wildman–Crippen MR) is 124 cm³/mol. The molecule has 0 radical (unpaired) electrons. The molecule has 0 spiro atoms. The lowest BCUT2D eigenvalue weighted by molar-refractivity contribution is 0.0941. The lowest BCUT2D eigenvalue weighted by atomic mass is 10.1. The lowest BCUT2D eigenvalue weighted by Gasteiger charge is -2.17. The Hall–Kier alpha value is -3.31. The van der Waals surface area contributed by atoms with Crippen LogP contribution in [0.1, 0.15) is 39.2 Å². The summed E-state index contributed by atoms with van der Waals surface area (Å²) in [5.74, 6) is 0.218. The zero-order chi connectivity index (χ0) is 21.3. The first-order valence-electron chi connectivity index (χ1n) is 9.69. The molecule has 152 valence electrons. The Morgan fingerprint density at radius 2 is 1.53 bits per heavy atom. The molecular weight excluding hydrogens is 392 g/mol. The Labute approximate surface area is 181 Å². The Balaban J connectivity index is 1.78. The fourth-order valence-electron chi connectivity index (χ4n) is 3.01. The monoisotopic (exact) mass is 416 g/mol. The summed E-state index contributed by atoms with van der Waals surface area (Å²) in [6.45, 7) is 5.66. The molecular formula is C25H24N2O2S. The third kappa shape index (κ3) is 5.39. The second kappa shape index (κ2) is 10.5. The largest absolute Gasteiger partial charge is 0.345 e. The average Bonchev–Trinajstić information content (AvgIpc) is 2.78. The maximum absolute atomic E-state index is 12.9. The Bertz CT molecular complexity index is 1030.